The molecule has 2 N–H and O–H groups in total. The van der Waals surface area contributed by atoms with Gasteiger partial charge in [-0.3, -0.25) is 0 Å². The second kappa shape index (κ2) is 11.8. The Bertz CT molecular complexity index is 1400. The van der Waals surface area contributed by atoms with E-state index >= 15 is 0 Å². The monoisotopic (exact) mass is 524 g/mol. The fraction of sp³-hybridized carbons (Fsp3) is 0.233. The number of hydrogen-bond acceptors (Lipinski definition) is 8. The molecule has 39 heavy (non-hydrogen) atoms. The highest BCUT2D eigenvalue weighted by atomic mass is 16.6. The molecule has 0 atom stereocenters. The first-order valence-corrected chi connectivity index (χ1v) is 12.9. The number of ether oxygens (including phenoxy) is 2. The Morgan fingerprint density at radius 3 is 2.31 bits per heavy atom. The van der Waals surface area contributed by atoms with Crippen LogP contribution in [-0.4, -0.2) is 49.4 Å². The van der Waals surface area contributed by atoms with Gasteiger partial charge < -0.3 is 25.0 Å². The second-order valence-corrected chi connectivity index (χ2v) is 9.27. The van der Waals surface area contributed by atoms with Gasteiger partial charge in [0.1, 0.15) is 17.3 Å². The van der Waals surface area contributed by atoms with Gasteiger partial charge in [0.2, 0.25) is 5.95 Å². The highest BCUT2D eigenvalue weighted by Crippen LogP contribution is 2.30. The minimum atomic E-state index is -0.581. The minimum absolute atomic E-state index is 0.362. The highest BCUT2D eigenvalue weighted by Gasteiger charge is 2.24. The molecule has 1 aliphatic heterocycles. The van der Waals surface area contributed by atoms with Crippen molar-refractivity contribution in [3.05, 3.63) is 90.1 Å². The molecule has 0 saturated carbocycles. The lowest BCUT2D eigenvalue weighted by Crippen LogP contribution is -2.43. The van der Waals surface area contributed by atoms with E-state index in [4.69, 9.17) is 9.47 Å². The second-order valence-electron chi connectivity index (χ2n) is 9.27. The zero-order chi connectivity index (χ0) is 27.2. The van der Waals surface area contributed by atoms with Crippen molar-refractivity contribution in [2.45, 2.75) is 13.8 Å². The van der Waals surface area contributed by atoms with Crippen molar-refractivity contribution in [3.8, 4) is 11.5 Å². The number of hydrogen-bond donors (Lipinski definition) is 2. The van der Waals surface area contributed by atoms with Crippen LogP contribution >= 0.6 is 0 Å². The van der Waals surface area contributed by atoms with Crippen LogP contribution in [0.4, 0.5) is 33.6 Å². The summed E-state index contributed by atoms with van der Waals surface area (Å²) >= 11 is 0. The summed E-state index contributed by atoms with van der Waals surface area (Å²) in [5, 5.41) is 6.63. The molecule has 1 saturated heterocycles. The number of amides is 1. The maximum atomic E-state index is 13.6. The van der Waals surface area contributed by atoms with Crippen LogP contribution in [0.5, 0.6) is 11.5 Å². The standard InChI is InChI=1S/C30H32N6O3/c1-21-5-4-6-22(2)28(21)39-30(37)36(25-11-13-26(38-3)14-12-25)27-15-16-32-29(34-27)33-23-7-9-24(10-8-23)35-19-17-31-18-20-35/h4-16,31H,17-20H2,1-3H3,(H,32,33,34). The van der Waals surface area contributed by atoms with Gasteiger partial charge in [-0.25, -0.2) is 14.7 Å². The van der Waals surface area contributed by atoms with Crippen molar-refractivity contribution >= 4 is 34.9 Å². The molecule has 2 heterocycles. The Labute approximate surface area is 228 Å². The van der Waals surface area contributed by atoms with Crippen molar-refractivity contribution in [2.75, 3.05) is 48.4 Å². The Morgan fingerprint density at radius 1 is 0.949 bits per heavy atom. The fourth-order valence-electron chi connectivity index (χ4n) is 4.50. The molecule has 0 aliphatic carbocycles. The van der Waals surface area contributed by atoms with Crippen molar-refractivity contribution in [1.82, 2.24) is 15.3 Å². The molecule has 1 amide bonds. The average molecular weight is 525 g/mol. The lowest BCUT2D eigenvalue weighted by Gasteiger charge is -2.29. The average Bonchev–Trinajstić information content (AvgIpc) is 2.97. The Hall–Kier alpha value is -4.63. The van der Waals surface area contributed by atoms with E-state index in [0.717, 1.165) is 43.0 Å². The van der Waals surface area contributed by atoms with E-state index in [1.54, 1.807) is 43.6 Å². The third kappa shape index (κ3) is 6.10. The number of para-hydroxylation sites is 1. The minimum Gasteiger partial charge on any atom is -0.497 e. The van der Waals surface area contributed by atoms with Crippen LogP contribution < -0.4 is 29.9 Å². The number of aromatic nitrogens is 2. The molecule has 4 aromatic rings. The summed E-state index contributed by atoms with van der Waals surface area (Å²) in [5.41, 5.74) is 4.34. The van der Waals surface area contributed by atoms with Gasteiger partial charge >= 0.3 is 6.09 Å². The quantitative estimate of drug-likeness (QED) is 0.323. The number of nitrogens with zero attached hydrogens (tertiary/aromatic N) is 4. The van der Waals surface area contributed by atoms with Gasteiger partial charge in [0.05, 0.1) is 12.8 Å². The molecule has 1 aliphatic rings. The number of nitrogens with one attached hydrogen (secondary N) is 2. The van der Waals surface area contributed by atoms with Gasteiger partial charge in [-0.15, -0.1) is 0 Å². The Morgan fingerprint density at radius 2 is 1.64 bits per heavy atom. The van der Waals surface area contributed by atoms with E-state index in [-0.39, 0.29) is 0 Å². The molecule has 3 aromatic carbocycles. The third-order valence-electron chi connectivity index (χ3n) is 6.59. The van der Waals surface area contributed by atoms with Gasteiger partial charge in [-0.05, 0) is 73.5 Å². The van der Waals surface area contributed by atoms with E-state index in [2.05, 4.69) is 37.6 Å². The normalized spacial score (nSPS) is 13.1. The van der Waals surface area contributed by atoms with Crippen molar-refractivity contribution in [2.24, 2.45) is 0 Å². The van der Waals surface area contributed by atoms with E-state index in [1.165, 1.54) is 10.6 Å². The van der Waals surface area contributed by atoms with Crippen LogP contribution in [0.1, 0.15) is 11.1 Å². The molecule has 0 spiro atoms. The Balaban J connectivity index is 1.41. The smallest absolute Gasteiger partial charge is 0.425 e. The number of methoxy groups -OCH3 is 1. The number of aryl methyl sites for hydroxylation is 2. The summed E-state index contributed by atoms with van der Waals surface area (Å²) in [5.74, 6) is 1.93. The first-order chi connectivity index (χ1) is 19.0. The van der Waals surface area contributed by atoms with Crippen LogP contribution in [0.25, 0.3) is 0 Å². The fourth-order valence-corrected chi connectivity index (χ4v) is 4.50. The van der Waals surface area contributed by atoms with Crippen LogP contribution in [0.15, 0.2) is 79.0 Å². The summed E-state index contributed by atoms with van der Waals surface area (Å²) in [6.45, 7) is 7.75. The summed E-state index contributed by atoms with van der Waals surface area (Å²) in [4.78, 5) is 26.4. The lowest BCUT2D eigenvalue weighted by atomic mass is 10.1. The third-order valence-corrected chi connectivity index (χ3v) is 6.59. The van der Waals surface area contributed by atoms with Gasteiger partial charge in [0.15, 0.2) is 0 Å². The first kappa shape index (κ1) is 26.0. The predicted octanol–water partition coefficient (Wildman–Crippen LogP) is 5.59. The summed E-state index contributed by atoms with van der Waals surface area (Å²) in [6.07, 6.45) is 1.03. The zero-order valence-corrected chi connectivity index (χ0v) is 22.3. The van der Waals surface area contributed by atoms with Crippen molar-refractivity contribution < 1.29 is 14.3 Å². The summed E-state index contributed by atoms with van der Waals surface area (Å²) in [6, 6.07) is 22.8. The SMILES string of the molecule is COc1ccc(N(C(=O)Oc2c(C)cccc2C)c2ccnc(Nc3ccc(N4CCNCC4)cc3)n2)cc1. The van der Waals surface area contributed by atoms with Gasteiger partial charge in [0.25, 0.3) is 0 Å². The number of rotatable bonds is 7. The van der Waals surface area contributed by atoms with Crippen LogP contribution in [-0.2, 0) is 0 Å². The van der Waals surface area contributed by atoms with E-state index < -0.39 is 6.09 Å². The van der Waals surface area contributed by atoms with Gasteiger partial charge in [0, 0.05) is 49.8 Å². The largest absolute Gasteiger partial charge is 0.497 e. The maximum absolute atomic E-state index is 13.6. The molecular formula is C30H32N6O3. The Kier molecular flexibility index (Phi) is 7.88. The van der Waals surface area contributed by atoms with Crippen molar-refractivity contribution in [1.29, 1.82) is 0 Å². The van der Waals surface area contributed by atoms with Crippen LogP contribution in [0.3, 0.4) is 0 Å². The number of carbonyl (C=O) groups excluding carboxylic acids is 1. The molecule has 0 bridgehead atoms. The number of anilines is 5. The number of piperazine rings is 1. The summed E-state index contributed by atoms with van der Waals surface area (Å²) < 4.78 is 11.2. The lowest BCUT2D eigenvalue weighted by molar-refractivity contribution is 0.209. The molecule has 1 fully saturated rings. The highest BCUT2D eigenvalue weighted by molar-refractivity contribution is 5.96. The topological polar surface area (TPSA) is 91.8 Å². The van der Waals surface area contributed by atoms with E-state index in [9.17, 15) is 4.79 Å². The molecule has 9 nitrogen and oxygen atoms in total. The number of benzene rings is 3. The van der Waals surface area contributed by atoms with Crippen LogP contribution in [0, 0.1) is 13.8 Å². The van der Waals surface area contributed by atoms with Crippen molar-refractivity contribution in [3.63, 3.8) is 0 Å². The first-order valence-electron chi connectivity index (χ1n) is 12.9. The zero-order valence-electron chi connectivity index (χ0n) is 22.3. The maximum Gasteiger partial charge on any atom is 0.425 e. The van der Waals surface area contributed by atoms with E-state index in [1.807, 2.05) is 44.2 Å². The van der Waals surface area contributed by atoms with E-state index in [0.29, 0.717) is 29.0 Å². The summed E-state index contributed by atoms with van der Waals surface area (Å²) in [7, 11) is 1.60. The van der Waals surface area contributed by atoms with Gasteiger partial charge in [-0.1, -0.05) is 18.2 Å². The molecule has 5 rings (SSSR count). The van der Waals surface area contributed by atoms with Gasteiger partial charge in [-0.2, -0.15) is 4.98 Å². The molecule has 0 unspecified atom stereocenters. The molecule has 0 radical (unpaired) electrons. The van der Waals surface area contributed by atoms with Crippen LogP contribution in [0.2, 0.25) is 0 Å². The molecule has 200 valence electrons. The molecule has 9 heteroatoms. The number of carbonyl (C=O) groups is 1. The molecule has 1 aromatic heterocycles. The predicted molar refractivity (Wildman–Crippen MR) is 154 cm³/mol. The molecular weight excluding hydrogens is 492 g/mol.